The molecule has 0 aliphatic rings. The van der Waals surface area contributed by atoms with Gasteiger partial charge in [-0.2, -0.15) is 0 Å². The lowest BCUT2D eigenvalue weighted by Gasteiger charge is -2.15. The Morgan fingerprint density at radius 1 is 1.32 bits per heavy atom. The molecule has 19 heavy (non-hydrogen) atoms. The van der Waals surface area contributed by atoms with E-state index >= 15 is 0 Å². The summed E-state index contributed by atoms with van der Waals surface area (Å²) in [7, 11) is 0. The Hall–Kier alpha value is -2.10. The number of H-pyrrole nitrogens is 1. The van der Waals surface area contributed by atoms with E-state index in [0.717, 1.165) is 16.5 Å². The van der Waals surface area contributed by atoms with Crippen molar-refractivity contribution in [1.29, 1.82) is 0 Å². The summed E-state index contributed by atoms with van der Waals surface area (Å²) in [5.74, 6) is -0.118. The van der Waals surface area contributed by atoms with Crippen LogP contribution in [0.25, 0.3) is 10.9 Å². The summed E-state index contributed by atoms with van der Waals surface area (Å²) in [6.07, 6.45) is 2.81. The minimum atomic E-state index is -0.452. The number of amides is 1. The predicted molar refractivity (Wildman–Crippen MR) is 74.9 cm³/mol. The second-order valence-corrected chi connectivity index (χ2v) is 4.65. The smallest absolute Gasteiger partial charge is 0.220 e. The van der Waals surface area contributed by atoms with E-state index in [-0.39, 0.29) is 11.7 Å². The molecule has 4 nitrogen and oxygen atoms in total. The van der Waals surface area contributed by atoms with Crippen LogP contribution in [0.2, 0.25) is 0 Å². The Labute approximate surface area is 112 Å². The van der Waals surface area contributed by atoms with Gasteiger partial charge in [0.15, 0.2) is 5.78 Å². The third kappa shape index (κ3) is 3.02. The average molecular weight is 258 g/mol. The van der Waals surface area contributed by atoms with E-state index in [1.807, 2.05) is 30.5 Å². The Bertz CT molecular complexity index is 601. The van der Waals surface area contributed by atoms with Crippen molar-refractivity contribution < 1.29 is 9.59 Å². The van der Waals surface area contributed by atoms with Gasteiger partial charge in [0.1, 0.15) is 0 Å². The summed E-state index contributed by atoms with van der Waals surface area (Å²) >= 11 is 0. The first-order valence-corrected chi connectivity index (χ1v) is 6.46. The topological polar surface area (TPSA) is 62.0 Å². The number of para-hydroxylation sites is 1. The normalized spacial score (nSPS) is 12.3. The SMILES string of the molecule is CCC(=O)N[C@@H](Cc1c[nH]c2ccccc12)C(C)=O. The van der Waals surface area contributed by atoms with Gasteiger partial charge in [0.2, 0.25) is 5.91 Å². The van der Waals surface area contributed by atoms with E-state index in [1.165, 1.54) is 6.92 Å². The highest BCUT2D eigenvalue weighted by molar-refractivity contribution is 5.89. The molecule has 0 saturated carbocycles. The predicted octanol–water partition coefficient (Wildman–Crippen LogP) is 2.19. The van der Waals surface area contributed by atoms with Crippen molar-refractivity contribution in [2.24, 2.45) is 0 Å². The number of aromatic nitrogens is 1. The number of fused-ring (bicyclic) bond motifs is 1. The molecule has 0 bridgehead atoms. The third-order valence-corrected chi connectivity index (χ3v) is 3.25. The molecule has 0 aliphatic carbocycles. The van der Waals surface area contributed by atoms with Gasteiger partial charge in [-0.05, 0) is 18.6 Å². The maximum Gasteiger partial charge on any atom is 0.220 e. The summed E-state index contributed by atoms with van der Waals surface area (Å²) in [4.78, 5) is 26.3. The molecule has 0 fully saturated rings. The highest BCUT2D eigenvalue weighted by Crippen LogP contribution is 2.19. The number of ketones is 1. The van der Waals surface area contributed by atoms with Gasteiger partial charge in [-0.1, -0.05) is 25.1 Å². The molecule has 1 heterocycles. The molecule has 2 aromatic rings. The molecule has 0 radical (unpaired) electrons. The number of rotatable bonds is 5. The van der Waals surface area contributed by atoms with Gasteiger partial charge in [-0.15, -0.1) is 0 Å². The highest BCUT2D eigenvalue weighted by atomic mass is 16.2. The third-order valence-electron chi connectivity index (χ3n) is 3.25. The average Bonchev–Trinajstić information content (AvgIpc) is 2.81. The fraction of sp³-hybridized carbons (Fsp3) is 0.333. The van der Waals surface area contributed by atoms with E-state index in [4.69, 9.17) is 0 Å². The lowest BCUT2D eigenvalue weighted by Crippen LogP contribution is -2.40. The molecule has 100 valence electrons. The minimum absolute atomic E-state index is 0.0212. The standard InChI is InChI=1S/C15H18N2O2/c1-3-15(19)17-14(10(2)18)8-11-9-16-13-7-5-4-6-12(11)13/h4-7,9,14,16H,3,8H2,1-2H3,(H,17,19)/t14-/m0/s1. The molecular formula is C15H18N2O2. The van der Waals surface area contributed by atoms with Crippen LogP contribution in [0.1, 0.15) is 25.8 Å². The molecular weight excluding hydrogens is 240 g/mol. The van der Waals surface area contributed by atoms with Crippen LogP contribution in [0.5, 0.6) is 0 Å². The number of carbonyl (C=O) groups is 2. The fourth-order valence-electron chi connectivity index (χ4n) is 2.11. The van der Waals surface area contributed by atoms with Crippen molar-refractivity contribution in [3.05, 3.63) is 36.0 Å². The summed E-state index contributed by atoms with van der Waals surface area (Å²) < 4.78 is 0. The summed E-state index contributed by atoms with van der Waals surface area (Å²) in [6.45, 7) is 3.29. The van der Waals surface area contributed by atoms with Crippen LogP contribution in [0.3, 0.4) is 0 Å². The van der Waals surface area contributed by atoms with Crippen LogP contribution in [0.4, 0.5) is 0 Å². The molecule has 0 aliphatic heterocycles. The first-order valence-electron chi connectivity index (χ1n) is 6.46. The van der Waals surface area contributed by atoms with Crippen molar-refractivity contribution in [3.8, 4) is 0 Å². The molecule has 2 N–H and O–H groups in total. The van der Waals surface area contributed by atoms with Crippen LogP contribution in [-0.2, 0) is 16.0 Å². The van der Waals surface area contributed by atoms with Crippen molar-refractivity contribution >= 4 is 22.6 Å². The molecule has 1 aromatic carbocycles. The van der Waals surface area contributed by atoms with Crippen molar-refractivity contribution in [1.82, 2.24) is 10.3 Å². The number of nitrogens with one attached hydrogen (secondary N) is 2. The zero-order valence-electron chi connectivity index (χ0n) is 11.2. The molecule has 0 saturated heterocycles. The second-order valence-electron chi connectivity index (χ2n) is 4.65. The number of hydrogen-bond donors (Lipinski definition) is 2. The Morgan fingerprint density at radius 2 is 2.05 bits per heavy atom. The molecule has 1 aromatic heterocycles. The quantitative estimate of drug-likeness (QED) is 0.863. The number of benzene rings is 1. The maximum absolute atomic E-state index is 11.6. The summed E-state index contributed by atoms with van der Waals surface area (Å²) in [6, 6.07) is 7.48. The van der Waals surface area contributed by atoms with Crippen LogP contribution in [-0.4, -0.2) is 22.7 Å². The molecule has 1 amide bonds. The zero-order chi connectivity index (χ0) is 13.8. The van der Waals surface area contributed by atoms with Gasteiger partial charge in [-0.25, -0.2) is 0 Å². The minimum Gasteiger partial charge on any atom is -0.361 e. The van der Waals surface area contributed by atoms with E-state index < -0.39 is 6.04 Å². The molecule has 0 spiro atoms. The first kappa shape index (κ1) is 13.3. The van der Waals surface area contributed by atoms with Crippen LogP contribution in [0, 0.1) is 0 Å². The van der Waals surface area contributed by atoms with Gasteiger partial charge in [0.25, 0.3) is 0 Å². The van der Waals surface area contributed by atoms with E-state index in [9.17, 15) is 9.59 Å². The van der Waals surface area contributed by atoms with E-state index in [0.29, 0.717) is 12.8 Å². The number of hydrogen-bond acceptors (Lipinski definition) is 2. The maximum atomic E-state index is 11.6. The lowest BCUT2D eigenvalue weighted by atomic mass is 10.0. The Balaban J connectivity index is 2.21. The Kier molecular flexibility index (Phi) is 4.00. The molecule has 0 unspecified atom stereocenters. The van der Waals surface area contributed by atoms with Crippen LogP contribution in [0.15, 0.2) is 30.5 Å². The first-order chi connectivity index (χ1) is 9.11. The van der Waals surface area contributed by atoms with E-state index in [2.05, 4.69) is 10.3 Å². The lowest BCUT2D eigenvalue weighted by molar-refractivity contribution is -0.126. The molecule has 1 atom stereocenters. The van der Waals surface area contributed by atoms with Crippen molar-refractivity contribution in [2.75, 3.05) is 0 Å². The summed E-state index contributed by atoms with van der Waals surface area (Å²) in [5, 5.41) is 3.86. The number of aromatic amines is 1. The van der Waals surface area contributed by atoms with Gasteiger partial charge in [0, 0.05) is 29.9 Å². The van der Waals surface area contributed by atoms with Crippen LogP contribution >= 0.6 is 0 Å². The number of carbonyl (C=O) groups excluding carboxylic acids is 2. The second kappa shape index (κ2) is 5.69. The zero-order valence-corrected chi connectivity index (χ0v) is 11.2. The van der Waals surface area contributed by atoms with E-state index in [1.54, 1.807) is 6.92 Å². The summed E-state index contributed by atoms with van der Waals surface area (Å²) in [5.41, 5.74) is 2.09. The molecule has 4 heteroatoms. The van der Waals surface area contributed by atoms with Crippen molar-refractivity contribution in [2.45, 2.75) is 32.7 Å². The van der Waals surface area contributed by atoms with Crippen LogP contribution < -0.4 is 5.32 Å². The van der Waals surface area contributed by atoms with Gasteiger partial charge >= 0.3 is 0 Å². The largest absolute Gasteiger partial charge is 0.361 e. The monoisotopic (exact) mass is 258 g/mol. The number of Topliss-reactive ketones (excluding diaryl/α,β-unsaturated/α-hetero) is 1. The highest BCUT2D eigenvalue weighted by Gasteiger charge is 2.18. The van der Waals surface area contributed by atoms with Gasteiger partial charge in [-0.3, -0.25) is 9.59 Å². The van der Waals surface area contributed by atoms with Gasteiger partial charge in [0.05, 0.1) is 6.04 Å². The van der Waals surface area contributed by atoms with Gasteiger partial charge < -0.3 is 10.3 Å². The molecule has 2 rings (SSSR count). The fourth-order valence-corrected chi connectivity index (χ4v) is 2.11. The Morgan fingerprint density at radius 3 is 2.74 bits per heavy atom. The van der Waals surface area contributed by atoms with Crippen molar-refractivity contribution in [3.63, 3.8) is 0 Å².